The summed E-state index contributed by atoms with van der Waals surface area (Å²) in [7, 11) is 0. The lowest BCUT2D eigenvalue weighted by molar-refractivity contribution is -0.181. The van der Waals surface area contributed by atoms with Crippen LogP contribution in [0.1, 0.15) is 41.2 Å². The molecule has 2 aromatic carbocycles. The topological polar surface area (TPSA) is 82.4 Å². The highest BCUT2D eigenvalue weighted by molar-refractivity contribution is 6.33. The Bertz CT molecular complexity index is 946. The van der Waals surface area contributed by atoms with Gasteiger partial charge in [0.05, 0.1) is 30.4 Å². The van der Waals surface area contributed by atoms with Gasteiger partial charge in [-0.2, -0.15) is 0 Å². The molecular formula is C24H28ClNO5. The van der Waals surface area contributed by atoms with Gasteiger partial charge in [0.1, 0.15) is 18.0 Å². The Morgan fingerprint density at radius 2 is 1.90 bits per heavy atom. The maximum Gasteiger partial charge on any atom is 0.141 e. The van der Waals surface area contributed by atoms with E-state index in [4.69, 9.17) is 21.1 Å². The van der Waals surface area contributed by atoms with E-state index in [-0.39, 0.29) is 13.0 Å². The molecule has 0 aromatic heterocycles. The first-order valence-corrected chi connectivity index (χ1v) is 11.4. The Morgan fingerprint density at radius 3 is 2.58 bits per heavy atom. The Labute approximate surface area is 187 Å². The number of benzene rings is 2. The molecule has 3 heterocycles. The average Bonchev–Trinajstić information content (AvgIpc) is 3.22. The predicted octanol–water partition coefficient (Wildman–Crippen LogP) is 2.62. The van der Waals surface area contributed by atoms with Crippen molar-refractivity contribution in [3.05, 3.63) is 57.6 Å². The molecule has 166 valence electrons. The van der Waals surface area contributed by atoms with Crippen LogP contribution >= 0.6 is 11.6 Å². The second-order valence-corrected chi connectivity index (χ2v) is 9.05. The maximum atomic E-state index is 10.3. The van der Waals surface area contributed by atoms with E-state index in [1.807, 2.05) is 6.07 Å². The normalized spacial score (nSPS) is 27.5. The molecule has 2 fully saturated rings. The summed E-state index contributed by atoms with van der Waals surface area (Å²) in [6.07, 6.45) is -0.418. The van der Waals surface area contributed by atoms with Crippen LogP contribution in [0, 0.1) is 0 Å². The molecule has 0 spiro atoms. The molecule has 0 saturated carbocycles. The van der Waals surface area contributed by atoms with Gasteiger partial charge in [0, 0.05) is 37.2 Å². The minimum absolute atomic E-state index is 0.260. The molecule has 7 heteroatoms. The zero-order valence-corrected chi connectivity index (χ0v) is 18.1. The summed E-state index contributed by atoms with van der Waals surface area (Å²) in [5, 5.41) is 30.6. The number of anilines is 1. The van der Waals surface area contributed by atoms with Crippen LogP contribution in [-0.2, 0) is 17.6 Å². The third-order valence-electron chi connectivity index (χ3n) is 6.68. The van der Waals surface area contributed by atoms with Crippen LogP contribution in [0.15, 0.2) is 30.3 Å². The summed E-state index contributed by atoms with van der Waals surface area (Å²) >= 11 is 6.73. The van der Waals surface area contributed by atoms with Crippen molar-refractivity contribution >= 4 is 17.3 Å². The summed E-state index contributed by atoms with van der Waals surface area (Å²) in [6.45, 7) is 2.44. The summed E-state index contributed by atoms with van der Waals surface area (Å²) in [6, 6.07) is 10.6. The highest BCUT2D eigenvalue weighted by atomic mass is 35.5. The van der Waals surface area contributed by atoms with Gasteiger partial charge in [-0.3, -0.25) is 0 Å². The van der Waals surface area contributed by atoms with Gasteiger partial charge in [0.2, 0.25) is 0 Å². The van der Waals surface area contributed by atoms with E-state index in [1.54, 1.807) is 0 Å². The van der Waals surface area contributed by atoms with Crippen molar-refractivity contribution in [2.24, 2.45) is 0 Å². The molecule has 5 rings (SSSR count). The average molecular weight is 446 g/mol. The fourth-order valence-electron chi connectivity index (χ4n) is 4.75. The standard InChI is InChI=1S/C24H28ClNO5/c25-22-15(10-14-2-4-16(5-3-14)26-7-1-8-26)11-18(17-6-9-30-24(17)22)20-12-19(28)23(29)21(13-27)31-20/h2-5,11,19-21,23,27-29H,1,6-10,12-13H2/t19?,20?,21?,23-/m0/s1. The summed E-state index contributed by atoms with van der Waals surface area (Å²) < 4.78 is 11.8. The van der Waals surface area contributed by atoms with Crippen LogP contribution < -0.4 is 9.64 Å². The van der Waals surface area contributed by atoms with Gasteiger partial charge in [-0.05, 0) is 41.7 Å². The van der Waals surface area contributed by atoms with Gasteiger partial charge in [-0.1, -0.05) is 29.8 Å². The molecular weight excluding hydrogens is 418 g/mol. The third-order valence-corrected chi connectivity index (χ3v) is 7.10. The second-order valence-electron chi connectivity index (χ2n) is 8.67. The summed E-state index contributed by atoms with van der Waals surface area (Å²) in [5.41, 5.74) is 5.26. The largest absolute Gasteiger partial charge is 0.491 e. The highest BCUT2D eigenvalue weighted by Crippen LogP contribution is 2.44. The van der Waals surface area contributed by atoms with E-state index >= 15 is 0 Å². The van der Waals surface area contributed by atoms with Crippen LogP contribution in [0.5, 0.6) is 5.75 Å². The van der Waals surface area contributed by atoms with Gasteiger partial charge in [0.15, 0.2) is 0 Å². The van der Waals surface area contributed by atoms with Gasteiger partial charge < -0.3 is 29.7 Å². The van der Waals surface area contributed by atoms with Gasteiger partial charge in [0.25, 0.3) is 0 Å². The predicted molar refractivity (Wildman–Crippen MR) is 118 cm³/mol. The molecule has 3 unspecified atom stereocenters. The lowest BCUT2D eigenvalue weighted by Crippen LogP contribution is -2.47. The first kappa shape index (κ1) is 21.0. The first-order chi connectivity index (χ1) is 15.0. The van der Waals surface area contributed by atoms with Crippen molar-refractivity contribution in [2.75, 3.05) is 31.2 Å². The molecule has 4 atom stereocenters. The van der Waals surface area contributed by atoms with Crippen molar-refractivity contribution in [1.82, 2.24) is 0 Å². The number of aliphatic hydroxyl groups excluding tert-OH is 3. The van der Waals surface area contributed by atoms with E-state index in [0.29, 0.717) is 23.8 Å². The molecule has 3 aliphatic rings. The van der Waals surface area contributed by atoms with E-state index in [2.05, 4.69) is 29.2 Å². The van der Waals surface area contributed by atoms with E-state index < -0.39 is 24.4 Å². The highest BCUT2D eigenvalue weighted by Gasteiger charge is 2.39. The van der Waals surface area contributed by atoms with Crippen LogP contribution in [0.3, 0.4) is 0 Å². The molecule has 31 heavy (non-hydrogen) atoms. The van der Waals surface area contributed by atoms with Gasteiger partial charge in [-0.25, -0.2) is 0 Å². The smallest absolute Gasteiger partial charge is 0.141 e. The molecule has 0 radical (unpaired) electrons. The van der Waals surface area contributed by atoms with Crippen LogP contribution in [0.2, 0.25) is 5.02 Å². The number of nitrogens with zero attached hydrogens (tertiary/aromatic N) is 1. The lowest BCUT2D eigenvalue weighted by atomic mass is 9.89. The number of fused-ring (bicyclic) bond motifs is 1. The SMILES string of the molecule is OCC1OC(c2cc(Cc3ccc(N4CCC4)cc3)c(Cl)c3c2CCO3)CC(O)[C@@H]1O. The Kier molecular flexibility index (Phi) is 5.84. The minimum atomic E-state index is -1.10. The Balaban J connectivity index is 1.45. The minimum Gasteiger partial charge on any atom is -0.491 e. The summed E-state index contributed by atoms with van der Waals surface area (Å²) in [5.74, 6) is 0.691. The molecule has 2 aromatic rings. The zero-order chi connectivity index (χ0) is 21.5. The maximum absolute atomic E-state index is 10.3. The van der Waals surface area contributed by atoms with Crippen LogP contribution in [0.25, 0.3) is 0 Å². The molecule has 3 N–H and O–H groups in total. The Morgan fingerprint density at radius 1 is 1.13 bits per heavy atom. The second kappa shape index (κ2) is 8.60. The molecule has 3 aliphatic heterocycles. The van der Waals surface area contributed by atoms with Crippen molar-refractivity contribution < 1.29 is 24.8 Å². The van der Waals surface area contributed by atoms with Crippen molar-refractivity contribution in [3.8, 4) is 5.75 Å². The van der Waals surface area contributed by atoms with Crippen molar-refractivity contribution in [3.63, 3.8) is 0 Å². The fourth-order valence-corrected chi connectivity index (χ4v) is 5.04. The monoisotopic (exact) mass is 445 g/mol. The molecule has 0 aliphatic carbocycles. The van der Waals surface area contributed by atoms with E-state index in [9.17, 15) is 15.3 Å². The number of hydrogen-bond donors (Lipinski definition) is 3. The molecule has 0 amide bonds. The van der Waals surface area contributed by atoms with Crippen LogP contribution in [0.4, 0.5) is 5.69 Å². The number of hydrogen-bond acceptors (Lipinski definition) is 6. The zero-order valence-electron chi connectivity index (χ0n) is 17.3. The quantitative estimate of drug-likeness (QED) is 0.656. The van der Waals surface area contributed by atoms with Gasteiger partial charge >= 0.3 is 0 Å². The van der Waals surface area contributed by atoms with Gasteiger partial charge in [-0.15, -0.1) is 0 Å². The molecule has 0 bridgehead atoms. The number of halogens is 1. The lowest BCUT2D eigenvalue weighted by Gasteiger charge is -2.37. The number of aliphatic hydroxyl groups is 3. The van der Waals surface area contributed by atoms with Crippen LogP contribution in [-0.4, -0.2) is 59.9 Å². The number of ether oxygens (including phenoxy) is 2. The molecule has 6 nitrogen and oxygen atoms in total. The Hall–Kier alpha value is -1.83. The van der Waals surface area contributed by atoms with E-state index in [1.165, 1.54) is 12.1 Å². The van der Waals surface area contributed by atoms with Crippen molar-refractivity contribution in [2.45, 2.75) is 50.1 Å². The summed E-state index contributed by atoms with van der Waals surface area (Å²) in [4.78, 5) is 2.36. The third kappa shape index (κ3) is 3.92. The van der Waals surface area contributed by atoms with Crippen molar-refractivity contribution in [1.29, 1.82) is 0 Å². The molecule has 2 saturated heterocycles. The fraction of sp³-hybridized carbons (Fsp3) is 0.500. The first-order valence-electron chi connectivity index (χ1n) is 11.0. The van der Waals surface area contributed by atoms with E-state index in [0.717, 1.165) is 41.8 Å². The number of rotatable bonds is 5.